The summed E-state index contributed by atoms with van der Waals surface area (Å²) in [6.45, 7) is 1.86. The lowest BCUT2D eigenvalue weighted by atomic mass is 9.97. The first-order chi connectivity index (χ1) is 16.2. The van der Waals surface area contributed by atoms with Gasteiger partial charge in [-0.15, -0.1) is 11.3 Å². The van der Waals surface area contributed by atoms with Crippen molar-refractivity contribution in [1.82, 2.24) is 20.3 Å². The van der Waals surface area contributed by atoms with E-state index in [0.717, 1.165) is 36.2 Å². The Hall–Kier alpha value is -3.52. The molecule has 1 saturated heterocycles. The van der Waals surface area contributed by atoms with Crippen LogP contribution < -0.4 is 15.8 Å². The molecule has 0 bridgehead atoms. The van der Waals surface area contributed by atoms with Gasteiger partial charge in [-0.1, -0.05) is 36.4 Å². The van der Waals surface area contributed by atoms with Crippen molar-refractivity contribution < 1.29 is 4.79 Å². The average Bonchev–Trinajstić information content (AvgIpc) is 3.30. The van der Waals surface area contributed by atoms with E-state index in [0.29, 0.717) is 35.7 Å². The summed E-state index contributed by atoms with van der Waals surface area (Å²) in [7, 11) is 0. The largest absolute Gasteiger partial charge is 0.355 e. The van der Waals surface area contributed by atoms with E-state index in [1.807, 2.05) is 58.8 Å². The predicted molar refractivity (Wildman–Crippen MR) is 132 cm³/mol. The number of carbonyl (C=O) groups excluding carboxylic acids is 1. The Balaban J connectivity index is 1.31. The van der Waals surface area contributed by atoms with Crippen LogP contribution in [0.3, 0.4) is 0 Å². The Kier molecular flexibility index (Phi) is 6.17. The second kappa shape index (κ2) is 9.54. The maximum absolute atomic E-state index is 12.8. The molecule has 33 heavy (non-hydrogen) atoms. The fraction of sp³-hybridized carbons (Fsp3) is 0.280. The maximum Gasteiger partial charge on any atom is 0.270 e. The van der Waals surface area contributed by atoms with Gasteiger partial charge in [-0.3, -0.25) is 19.6 Å². The lowest BCUT2D eigenvalue weighted by Crippen LogP contribution is -2.44. The fourth-order valence-electron chi connectivity index (χ4n) is 4.28. The van der Waals surface area contributed by atoms with Crippen LogP contribution in [-0.2, 0) is 11.2 Å². The molecule has 0 radical (unpaired) electrons. The van der Waals surface area contributed by atoms with Gasteiger partial charge in [-0.25, -0.2) is 4.98 Å². The number of aromatic nitrogens is 3. The molecule has 1 atom stereocenters. The Morgan fingerprint density at radius 1 is 1.18 bits per heavy atom. The summed E-state index contributed by atoms with van der Waals surface area (Å²) >= 11 is 1.41. The molecule has 0 unspecified atom stereocenters. The summed E-state index contributed by atoms with van der Waals surface area (Å²) in [5, 5.41) is 5.03. The van der Waals surface area contributed by atoms with E-state index >= 15 is 0 Å². The van der Waals surface area contributed by atoms with Gasteiger partial charge in [0.15, 0.2) is 0 Å². The van der Waals surface area contributed by atoms with Crippen LogP contribution in [0, 0.1) is 5.92 Å². The molecule has 0 spiro atoms. The van der Waals surface area contributed by atoms with Crippen molar-refractivity contribution in [3.8, 4) is 11.1 Å². The molecular weight excluding hydrogens is 434 g/mol. The molecule has 1 aliphatic rings. The Labute approximate surface area is 195 Å². The summed E-state index contributed by atoms with van der Waals surface area (Å²) in [6.07, 6.45) is 4.16. The van der Waals surface area contributed by atoms with Gasteiger partial charge in [0, 0.05) is 48.9 Å². The normalized spacial score (nSPS) is 16.1. The number of nitrogens with one attached hydrogen (secondary N) is 2. The lowest BCUT2D eigenvalue weighted by molar-refractivity contribution is -0.125. The van der Waals surface area contributed by atoms with Crippen LogP contribution in [0.2, 0.25) is 0 Å². The highest BCUT2D eigenvalue weighted by molar-refractivity contribution is 7.17. The zero-order valence-corrected chi connectivity index (χ0v) is 19.0. The molecule has 1 aromatic carbocycles. The second-order valence-electron chi connectivity index (χ2n) is 8.23. The number of hydrogen-bond donors (Lipinski definition) is 2. The number of hydrogen-bond acceptors (Lipinski definition) is 6. The Morgan fingerprint density at radius 3 is 2.85 bits per heavy atom. The van der Waals surface area contributed by atoms with Crippen molar-refractivity contribution in [2.45, 2.75) is 19.3 Å². The molecule has 1 amide bonds. The molecular formula is C25H25N5O2S. The molecule has 1 fully saturated rings. The van der Waals surface area contributed by atoms with Crippen molar-refractivity contribution in [2.24, 2.45) is 5.92 Å². The van der Waals surface area contributed by atoms with E-state index in [2.05, 4.69) is 15.3 Å². The van der Waals surface area contributed by atoms with Crippen LogP contribution in [-0.4, -0.2) is 40.5 Å². The number of amides is 1. The van der Waals surface area contributed by atoms with Gasteiger partial charge in [-0.2, -0.15) is 0 Å². The number of H-pyrrole nitrogens is 1. The van der Waals surface area contributed by atoms with E-state index in [1.54, 1.807) is 6.20 Å². The quantitative estimate of drug-likeness (QED) is 0.460. The molecule has 0 aliphatic carbocycles. The molecule has 5 rings (SSSR count). The predicted octanol–water partition coefficient (Wildman–Crippen LogP) is 3.62. The number of fused-ring (bicyclic) bond motifs is 1. The molecule has 2 N–H and O–H groups in total. The van der Waals surface area contributed by atoms with Crippen molar-refractivity contribution in [2.75, 3.05) is 24.5 Å². The topological polar surface area (TPSA) is 91.0 Å². The Bertz CT molecular complexity index is 1300. The van der Waals surface area contributed by atoms with Gasteiger partial charge in [0.1, 0.15) is 4.70 Å². The summed E-state index contributed by atoms with van der Waals surface area (Å²) < 4.78 is 0.624. The number of nitrogens with zero attached hydrogens (tertiary/aromatic N) is 3. The van der Waals surface area contributed by atoms with Crippen molar-refractivity contribution >= 4 is 33.4 Å². The van der Waals surface area contributed by atoms with Crippen molar-refractivity contribution in [3.05, 3.63) is 76.2 Å². The summed E-state index contributed by atoms with van der Waals surface area (Å²) in [4.78, 5) is 39.7. The highest BCUT2D eigenvalue weighted by Gasteiger charge is 2.27. The highest BCUT2D eigenvalue weighted by Crippen LogP contribution is 2.32. The third-order valence-electron chi connectivity index (χ3n) is 6.00. The number of carbonyl (C=O) groups is 1. The van der Waals surface area contributed by atoms with Gasteiger partial charge in [-0.05, 0) is 30.5 Å². The van der Waals surface area contributed by atoms with E-state index in [9.17, 15) is 9.59 Å². The minimum Gasteiger partial charge on any atom is -0.355 e. The summed E-state index contributed by atoms with van der Waals surface area (Å²) in [5.41, 5.74) is 3.54. The third-order valence-corrected chi connectivity index (χ3v) is 6.97. The van der Waals surface area contributed by atoms with Gasteiger partial charge in [0.25, 0.3) is 5.56 Å². The molecule has 1 aliphatic heterocycles. The zero-order valence-electron chi connectivity index (χ0n) is 18.2. The maximum atomic E-state index is 12.8. The fourth-order valence-corrected chi connectivity index (χ4v) is 5.18. The van der Waals surface area contributed by atoms with Crippen LogP contribution in [0.15, 0.2) is 64.9 Å². The number of aromatic amines is 1. The van der Waals surface area contributed by atoms with Crippen LogP contribution >= 0.6 is 11.3 Å². The average molecular weight is 460 g/mol. The third kappa shape index (κ3) is 4.66. The number of benzene rings is 1. The number of thiophene rings is 1. The number of anilines is 1. The van der Waals surface area contributed by atoms with E-state index in [1.165, 1.54) is 11.3 Å². The van der Waals surface area contributed by atoms with Gasteiger partial charge in [0.2, 0.25) is 11.9 Å². The number of pyridine rings is 1. The number of piperidine rings is 1. The van der Waals surface area contributed by atoms with Crippen LogP contribution in [0.5, 0.6) is 0 Å². The highest BCUT2D eigenvalue weighted by atomic mass is 32.1. The molecule has 0 saturated carbocycles. The van der Waals surface area contributed by atoms with Crippen LogP contribution in [0.25, 0.3) is 21.3 Å². The minimum atomic E-state index is -0.139. The van der Waals surface area contributed by atoms with Crippen molar-refractivity contribution in [1.29, 1.82) is 0 Å². The first-order valence-electron chi connectivity index (χ1n) is 11.2. The minimum absolute atomic E-state index is 0.0413. The zero-order chi connectivity index (χ0) is 22.6. The molecule has 4 heterocycles. The van der Waals surface area contributed by atoms with E-state index in [4.69, 9.17) is 4.98 Å². The van der Waals surface area contributed by atoms with Gasteiger partial charge >= 0.3 is 0 Å². The molecule has 7 nitrogen and oxygen atoms in total. The Morgan fingerprint density at radius 2 is 2.03 bits per heavy atom. The summed E-state index contributed by atoms with van der Waals surface area (Å²) in [6, 6.07) is 15.8. The first-order valence-corrected chi connectivity index (χ1v) is 12.1. The molecule has 8 heteroatoms. The van der Waals surface area contributed by atoms with Gasteiger partial charge in [0.05, 0.1) is 11.4 Å². The SMILES string of the molecule is O=C(NCCc1ccccn1)[C@@H]1CCCN(c2nc3c(-c4ccccc4)csc3c(=O)[nH]2)C1. The van der Waals surface area contributed by atoms with E-state index in [-0.39, 0.29) is 17.4 Å². The standard InChI is InChI=1S/C25H25N5O2S/c31-23(27-13-11-19-10-4-5-12-26-19)18-9-6-14-30(15-18)25-28-21-20(17-7-2-1-3-8-17)16-33-22(21)24(32)29-25/h1-5,7-8,10,12,16,18H,6,9,11,13-15H2,(H,27,31)(H,28,29,32)/t18-/m1/s1. The molecule has 4 aromatic rings. The molecule has 3 aromatic heterocycles. The van der Waals surface area contributed by atoms with Crippen LogP contribution in [0.1, 0.15) is 18.5 Å². The monoisotopic (exact) mass is 459 g/mol. The smallest absolute Gasteiger partial charge is 0.270 e. The van der Waals surface area contributed by atoms with E-state index < -0.39 is 0 Å². The summed E-state index contributed by atoms with van der Waals surface area (Å²) in [5.74, 6) is 0.438. The second-order valence-corrected chi connectivity index (χ2v) is 9.11. The first kappa shape index (κ1) is 21.3. The molecule has 168 valence electrons. The lowest BCUT2D eigenvalue weighted by Gasteiger charge is -2.32. The van der Waals surface area contributed by atoms with Crippen molar-refractivity contribution in [3.63, 3.8) is 0 Å². The number of rotatable bonds is 6. The van der Waals surface area contributed by atoms with Gasteiger partial charge < -0.3 is 10.2 Å². The van der Waals surface area contributed by atoms with Crippen LogP contribution in [0.4, 0.5) is 5.95 Å².